The van der Waals surface area contributed by atoms with Gasteiger partial charge in [-0.2, -0.15) is 0 Å². The van der Waals surface area contributed by atoms with E-state index in [4.69, 9.17) is 23.2 Å². The highest BCUT2D eigenvalue weighted by Crippen LogP contribution is 2.29. The lowest BCUT2D eigenvalue weighted by atomic mass is 10.1. The average Bonchev–Trinajstić information content (AvgIpc) is 2.94. The van der Waals surface area contributed by atoms with Gasteiger partial charge in [0.05, 0.1) is 10.6 Å². The number of benzene rings is 3. The molecule has 0 fully saturated rings. The highest BCUT2D eigenvalue weighted by Gasteiger charge is 2.35. The predicted octanol–water partition coefficient (Wildman–Crippen LogP) is 6.05. The van der Waals surface area contributed by atoms with Crippen molar-refractivity contribution in [3.8, 4) is 0 Å². The second-order valence-corrected chi connectivity index (χ2v) is 11.7. The molecule has 0 aliphatic rings. The van der Waals surface area contributed by atoms with Crippen molar-refractivity contribution in [2.75, 3.05) is 17.4 Å². The molecule has 214 valence electrons. The Morgan fingerprint density at radius 2 is 1.55 bits per heavy atom. The number of hydrogen-bond donors (Lipinski definition) is 1. The molecule has 0 spiro atoms. The van der Waals surface area contributed by atoms with Gasteiger partial charge in [-0.3, -0.25) is 13.9 Å². The number of hydrogen-bond acceptors (Lipinski definition) is 4. The number of para-hydroxylation sites is 1. The molecule has 0 aliphatic carbocycles. The maximum absolute atomic E-state index is 15.0. The van der Waals surface area contributed by atoms with Crippen LogP contribution in [0.4, 0.5) is 10.1 Å². The molecule has 1 atom stereocenters. The number of halogens is 3. The van der Waals surface area contributed by atoms with Crippen LogP contribution < -0.4 is 9.62 Å². The minimum atomic E-state index is -4.37. The van der Waals surface area contributed by atoms with E-state index in [0.717, 1.165) is 23.2 Å². The van der Waals surface area contributed by atoms with Gasteiger partial charge in [-0.05, 0) is 49.2 Å². The summed E-state index contributed by atoms with van der Waals surface area (Å²) in [7, 11) is -4.37. The summed E-state index contributed by atoms with van der Waals surface area (Å²) in [6.45, 7) is 3.23. The van der Waals surface area contributed by atoms with Crippen molar-refractivity contribution in [3.63, 3.8) is 0 Å². The zero-order valence-corrected chi connectivity index (χ0v) is 24.6. The monoisotopic (exact) mass is 607 g/mol. The molecule has 0 aliphatic heterocycles. The quantitative estimate of drug-likeness (QED) is 0.240. The zero-order valence-electron chi connectivity index (χ0n) is 22.3. The number of nitrogens with one attached hydrogen (secondary N) is 1. The molecule has 0 bridgehead atoms. The highest BCUT2D eigenvalue weighted by atomic mass is 35.5. The summed E-state index contributed by atoms with van der Waals surface area (Å²) >= 11 is 12.8. The van der Waals surface area contributed by atoms with E-state index >= 15 is 0 Å². The fourth-order valence-electron chi connectivity index (χ4n) is 4.17. The summed E-state index contributed by atoms with van der Waals surface area (Å²) in [5.41, 5.74) is 0.109. The van der Waals surface area contributed by atoms with E-state index in [2.05, 4.69) is 5.32 Å². The van der Waals surface area contributed by atoms with Crippen molar-refractivity contribution in [3.05, 3.63) is 94.2 Å². The summed E-state index contributed by atoms with van der Waals surface area (Å²) in [5, 5.41) is 3.42. The largest absolute Gasteiger partial charge is 0.354 e. The van der Waals surface area contributed by atoms with Gasteiger partial charge in [0, 0.05) is 28.7 Å². The first-order chi connectivity index (χ1) is 19.1. The summed E-state index contributed by atoms with van der Waals surface area (Å²) in [4.78, 5) is 28.4. The van der Waals surface area contributed by atoms with Crippen LogP contribution >= 0.6 is 23.2 Å². The first kappa shape index (κ1) is 31.4. The second-order valence-electron chi connectivity index (χ2n) is 9.07. The van der Waals surface area contributed by atoms with Crippen molar-refractivity contribution in [2.45, 2.75) is 50.6 Å². The minimum absolute atomic E-state index is 0.115. The molecule has 0 radical (unpaired) electrons. The van der Waals surface area contributed by atoms with Gasteiger partial charge in [0.2, 0.25) is 11.8 Å². The van der Waals surface area contributed by atoms with Crippen molar-refractivity contribution in [2.24, 2.45) is 0 Å². The Balaban J connectivity index is 2.08. The highest BCUT2D eigenvalue weighted by molar-refractivity contribution is 7.92. The van der Waals surface area contributed by atoms with Crippen molar-refractivity contribution in [1.29, 1.82) is 0 Å². The average molecular weight is 609 g/mol. The van der Waals surface area contributed by atoms with Crippen LogP contribution in [0.5, 0.6) is 0 Å². The third kappa shape index (κ3) is 7.53. The van der Waals surface area contributed by atoms with Crippen LogP contribution in [-0.2, 0) is 26.2 Å². The van der Waals surface area contributed by atoms with Gasteiger partial charge in [0.15, 0.2) is 0 Å². The number of unbranched alkanes of at least 4 members (excludes halogenated alkanes) is 1. The van der Waals surface area contributed by atoms with Crippen molar-refractivity contribution in [1.82, 2.24) is 10.2 Å². The minimum Gasteiger partial charge on any atom is -0.354 e. The molecule has 40 heavy (non-hydrogen) atoms. The first-order valence-electron chi connectivity index (χ1n) is 12.9. The summed E-state index contributed by atoms with van der Waals surface area (Å²) < 4.78 is 43.2. The van der Waals surface area contributed by atoms with E-state index in [-0.39, 0.29) is 33.6 Å². The number of anilines is 1. The molecule has 11 heteroatoms. The molecule has 0 saturated carbocycles. The third-order valence-electron chi connectivity index (χ3n) is 6.34. The van der Waals surface area contributed by atoms with E-state index in [1.54, 1.807) is 31.2 Å². The number of amides is 2. The van der Waals surface area contributed by atoms with Crippen molar-refractivity contribution < 1.29 is 22.4 Å². The number of nitrogens with zero attached hydrogens (tertiary/aromatic N) is 2. The number of carbonyl (C=O) groups is 2. The zero-order chi connectivity index (χ0) is 29.3. The van der Waals surface area contributed by atoms with Crippen LogP contribution in [0.3, 0.4) is 0 Å². The van der Waals surface area contributed by atoms with Crippen LogP contribution in [0, 0.1) is 5.82 Å². The molecule has 3 aromatic carbocycles. The van der Waals surface area contributed by atoms with Gasteiger partial charge in [-0.15, -0.1) is 0 Å². The van der Waals surface area contributed by atoms with Gasteiger partial charge >= 0.3 is 0 Å². The lowest BCUT2D eigenvalue weighted by Gasteiger charge is -2.33. The van der Waals surface area contributed by atoms with Crippen molar-refractivity contribution >= 4 is 50.7 Å². The molecule has 1 N–H and O–H groups in total. The SMILES string of the molecule is CCCCNC(=O)[C@H](CC)N(Cc1c(Cl)cccc1Cl)C(=O)CN(c1ccccc1F)S(=O)(=O)c1ccccc1. The van der Waals surface area contributed by atoms with Gasteiger partial charge < -0.3 is 10.2 Å². The topological polar surface area (TPSA) is 86.8 Å². The normalized spacial score (nSPS) is 12.0. The number of carbonyl (C=O) groups excluding carboxylic acids is 2. The predicted molar refractivity (Wildman–Crippen MR) is 156 cm³/mol. The molecule has 0 unspecified atom stereocenters. The first-order valence-corrected chi connectivity index (χ1v) is 15.1. The Kier molecular flexibility index (Phi) is 11.4. The molecule has 3 aromatic rings. The van der Waals surface area contributed by atoms with Crippen LogP contribution in [0.2, 0.25) is 10.0 Å². The smallest absolute Gasteiger partial charge is 0.264 e. The molecule has 7 nitrogen and oxygen atoms in total. The molecule has 0 saturated heterocycles. The van der Waals surface area contributed by atoms with Gasteiger partial charge in [0.1, 0.15) is 18.4 Å². The lowest BCUT2D eigenvalue weighted by molar-refractivity contribution is -0.140. The maximum atomic E-state index is 15.0. The van der Waals surface area contributed by atoms with Crippen LogP contribution in [-0.4, -0.2) is 44.3 Å². The second kappa shape index (κ2) is 14.5. The van der Waals surface area contributed by atoms with Crippen LogP contribution in [0.1, 0.15) is 38.7 Å². The van der Waals surface area contributed by atoms with Crippen LogP contribution in [0.15, 0.2) is 77.7 Å². The summed E-state index contributed by atoms with van der Waals surface area (Å²) in [5.74, 6) is -1.94. The lowest BCUT2D eigenvalue weighted by Crippen LogP contribution is -2.52. The fraction of sp³-hybridized carbons (Fsp3) is 0.310. The molecule has 0 aromatic heterocycles. The third-order valence-corrected chi connectivity index (χ3v) is 8.82. The van der Waals surface area contributed by atoms with E-state index in [0.29, 0.717) is 12.1 Å². The molecule has 2 amide bonds. The summed E-state index contributed by atoms with van der Waals surface area (Å²) in [6.07, 6.45) is 1.85. The molecule has 0 heterocycles. The van der Waals surface area contributed by atoms with E-state index in [1.165, 1.54) is 47.4 Å². The molecular formula is C29H32Cl2FN3O4S. The van der Waals surface area contributed by atoms with Crippen LogP contribution in [0.25, 0.3) is 0 Å². The Hall–Kier alpha value is -3.14. The number of sulfonamides is 1. The van der Waals surface area contributed by atoms with E-state index in [9.17, 15) is 22.4 Å². The fourth-order valence-corrected chi connectivity index (χ4v) is 6.13. The Labute approximate surface area is 244 Å². The van der Waals surface area contributed by atoms with Gasteiger partial charge in [-0.25, -0.2) is 12.8 Å². The Morgan fingerprint density at radius 3 is 2.15 bits per heavy atom. The van der Waals surface area contributed by atoms with Gasteiger partial charge in [0.25, 0.3) is 10.0 Å². The van der Waals surface area contributed by atoms with E-state index in [1.807, 2.05) is 6.92 Å². The molecular weight excluding hydrogens is 576 g/mol. The number of rotatable bonds is 13. The van der Waals surface area contributed by atoms with E-state index < -0.39 is 40.2 Å². The maximum Gasteiger partial charge on any atom is 0.264 e. The van der Waals surface area contributed by atoms with Gasteiger partial charge in [-0.1, -0.05) is 79.9 Å². The molecule has 3 rings (SSSR count). The Morgan fingerprint density at radius 1 is 0.925 bits per heavy atom. The Bertz CT molecular complexity index is 1400. The summed E-state index contributed by atoms with van der Waals surface area (Å²) in [6, 6.07) is 16.7. The standard InChI is InChI=1S/C29H32Cl2FN3O4S/c1-3-5-18-33-29(37)26(4-2)34(19-22-23(30)14-11-15-24(22)31)28(36)20-35(27-17-10-9-16-25(27)32)40(38,39)21-12-7-6-8-13-21/h6-17,26H,3-5,18-20H2,1-2H3,(H,33,37)/t26-/m0/s1.